The van der Waals surface area contributed by atoms with Crippen molar-refractivity contribution in [1.82, 2.24) is 4.98 Å². The second kappa shape index (κ2) is 5.63. The van der Waals surface area contributed by atoms with Gasteiger partial charge in [-0.05, 0) is 23.6 Å². The normalized spacial score (nSPS) is 7.82. The average Bonchev–Trinajstić information content (AvgIpc) is 2.40. The van der Waals surface area contributed by atoms with Gasteiger partial charge in [-0.2, -0.15) is 15.8 Å². The van der Waals surface area contributed by atoms with Crippen LogP contribution in [0.5, 0.6) is 0 Å². The summed E-state index contributed by atoms with van der Waals surface area (Å²) in [6.07, 6.45) is 2.95. The summed E-state index contributed by atoms with van der Waals surface area (Å²) >= 11 is 0. The van der Waals surface area contributed by atoms with E-state index in [-0.39, 0.29) is 16.7 Å². The van der Waals surface area contributed by atoms with E-state index in [2.05, 4.69) is 4.98 Å². The fourth-order valence-electron chi connectivity index (χ4n) is 1.22. The quantitative estimate of drug-likeness (QED) is 0.462. The van der Waals surface area contributed by atoms with Crippen molar-refractivity contribution < 1.29 is 0 Å². The Hall–Kier alpha value is -3.19. The highest BCUT2D eigenvalue weighted by Gasteiger charge is 2.14. The summed E-state index contributed by atoms with van der Waals surface area (Å²) in [5.74, 6) is 1.92. The van der Waals surface area contributed by atoms with Gasteiger partial charge in [0.2, 0.25) is 0 Å². The van der Waals surface area contributed by atoms with Gasteiger partial charge in [0.1, 0.15) is 29.4 Å². The summed E-state index contributed by atoms with van der Waals surface area (Å²) in [4.78, 5) is 3.80. The van der Waals surface area contributed by atoms with E-state index in [0.29, 0.717) is 5.56 Å². The molecule has 0 atom stereocenters. The zero-order valence-electron chi connectivity index (χ0n) is 8.60. The molecule has 0 fully saturated rings. The average molecular weight is 219 g/mol. The molecule has 0 radical (unpaired) electrons. The molecule has 0 amide bonds. The summed E-state index contributed by atoms with van der Waals surface area (Å²) in [6, 6.07) is 8.25. The van der Waals surface area contributed by atoms with Crippen molar-refractivity contribution in [2.45, 2.75) is 0 Å². The van der Waals surface area contributed by atoms with Crippen molar-refractivity contribution in [2.24, 2.45) is 0 Å². The Morgan fingerprint density at radius 3 is 2.06 bits per heavy atom. The lowest BCUT2D eigenvalue weighted by molar-refractivity contribution is 1.31. The monoisotopic (exact) mass is 219 g/mol. The van der Waals surface area contributed by atoms with Gasteiger partial charge in [0.15, 0.2) is 0 Å². The fraction of sp³-hybridized carbons (Fsp3) is 0. The predicted octanol–water partition coefficient (Wildman–Crippen LogP) is 1.58. The standard InChI is InChI=1S/C12H5N5/c13-5-10(6-14)12(11(7-15)8-16)9-1-3-17-4-2-9/h1-4,13H. The SMILES string of the molecule is N#CC(=C=N)C(=C(C#N)C#N)c1ccncc1. The summed E-state index contributed by atoms with van der Waals surface area (Å²) in [5.41, 5.74) is 0.200. The van der Waals surface area contributed by atoms with Crippen molar-refractivity contribution >= 4 is 11.4 Å². The van der Waals surface area contributed by atoms with Gasteiger partial charge in [-0.1, -0.05) is 0 Å². The van der Waals surface area contributed by atoms with Gasteiger partial charge in [0, 0.05) is 18.0 Å². The van der Waals surface area contributed by atoms with E-state index < -0.39 is 0 Å². The number of pyridine rings is 1. The lowest BCUT2D eigenvalue weighted by Crippen LogP contribution is -1.93. The Balaban J connectivity index is 3.63. The number of hydrogen-bond donors (Lipinski definition) is 1. The second-order valence-electron chi connectivity index (χ2n) is 2.82. The minimum absolute atomic E-state index is 0.106. The van der Waals surface area contributed by atoms with Crippen molar-refractivity contribution in [3.05, 3.63) is 41.2 Å². The highest BCUT2D eigenvalue weighted by atomic mass is 14.6. The molecule has 0 bridgehead atoms. The van der Waals surface area contributed by atoms with Crippen LogP contribution in [0.1, 0.15) is 5.56 Å². The summed E-state index contributed by atoms with van der Waals surface area (Å²) in [7, 11) is 0. The summed E-state index contributed by atoms with van der Waals surface area (Å²) in [6.45, 7) is 0. The third kappa shape index (κ3) is 2.43. The number of nitriles is 3. The number of allylic oxidation sites excluding steroid dienone is 3. The van der Waals surface area contributed by atoms with Gasteiger partial charge in [0.25, 0.3) is 0 Å². The molecule has 0 aliphatic heterocycles. The smallest absolute Gasteiger partial charge is 0.139 e. The fourth-order valence-corrected chi connectivity index (χ4v) is 1.22. The van der Waals surface area contributed by atoms with Crippen LogP contribution < -0.4 is 0 Å². The molecule has 0 saturated heterocycles. The van der Waals surface area contributed by atoms with E-state index in [0.717, 1.165) is 0 Å². The van der Waals surface area contributed by atoms with Crippen molar-refractivity contribution in [3.8, 4) is 18.2 Å². The molecule has 17 heavy (non-hydrogen) atoms. The maximum Gasteiger partial charge on any atom is 0.139 e. The van der Waals surface area contributed by atoms with Crippen LogP contribution >= 0.6 is 0 Å². The van der Waals surface area contributed by atoms with Crippen LogP contribution in [0.4, 0.5) is 0 Å². The van der Waals surface area contributed by atoms with E-state index >= 15 is 0 Å². The molecule has 0 aromatic carbocycles. The Labute approximate surface area is 97.7 Å². The zero-order valence-corrected chi connectivity index (χ0v) is 8.60. The lowest BCUT2D eigenvalue weighted by atomic mass is 9.96. The molecule has 0 aliphatic carbocycles. The van der Waals surface area contributed by atoms with Gasteiger partial charge in [-0.15, -0.1) is 0 Å². The first-order chi connectivity index (χ1) is 8.28. The van der Waals surface area contributed by atoms with Crippen LogP contribution in [0, 0.1) is 39.4 Å². The van der Waals surface area contributed by atoms with Crippen LogP contribution in [0.3, 0.4) is 0 Å². The van der Waals surface area contributed by atoms with Gasteiger partial charge < -0.3 is 0 Å². The number of aromatic nitrogens is 1. The molecule has 78 valence electrons. The van der Waals surface area contributed by atoms with Crippen molar-refractivity contribution in [3.63, 3.8) is 0 Å². The highest BCUT2D eigenvalue weighted by molar-refractivity contribution is 5.95. The molecule has 1 aromatic heterocycles. The first-order valence-electron chi connectivity index (χ1n) is 4.43. The molecule has 0 spiro atoms. The molecule has 1 N–H and O–H groups in total. The predicted molar refractivity (Wildman–Crippen MR) is 59.2 cm³/mol. The van der Waals surface area contributed by atoms with E-state index in [1.165, 1.54) is 12.4 Å². The molecular weight excluding hydrogens is 214 g/mol. The molecule has 1 aromatic rings. The zero-order chi connectivity index (χ0) is 12.7. The lowest BCUT2D eigenvalue weighted by Gasteiger charge is -2.03. The maximum absolute atomic E-state index is 8.86. The largest absolute Gasteiger partial charge is 0.265 e. The summed E-state index contributed by atoms with van der Waals surface area (Å²) in [5, 5.41) is 33.5. The third-order valence-electron chi connectivity index (χ3n) is 1.93. The minimum atomic E-state index is -0.229. The third-order valence-corrected chi connectivity index (χ3v) is 1.93. The minimum Gasteiger partial charge on any atom is -0.265 e. The number of hydrogen-bond acceptors (Lipinski definition) is 5. The molecular formula is C12H5N5. The molecule has 0 saturated carbocycles. The van der Waals surface area contributed by atoms with E-state index in [9.17, 15) is 0 Å². The van der Waals surface area contributed by atoms with E-state index in [1.807, 2.05) is 5.87 Å². The Morgan fingerprint density at radius 1 is 1.06 bits per heavy atom. The van der Waals surface area contributed by atoms with Crippen LogP contribution in [-0.2, 0) is 0 Å². The van der Waals surface area contributed by atoms with Gasteiger partial charge >= 0.3 is 0 Å². The molecule has 1 heterocycles. The topological polar surface area (TPSA) is 108 Å². The Kier molecular flexibility index (Phi) is 3.94. The van der Waals surface area contributed by atoms with Crippen molar-refractivity contribution in [1.29, 1.82) is 21.2 Å². The van der Waals surface area contributed by atoms with Gasteiger partial charge in [-0.3, -0.25) is 10.4 Å². The Bertz CT molecular complexity index is 612. The van der Waals surface area contributed by atoms with Crippen LogP contribution in [0.25, 0.3) is 5.57 Å². The van der Waals surface area contributed by atoms with Gasteiger partial charge in [0.05, 0.1) is 0 Å². The molecule has 5 heteroatoms. The molecule has 1 rings (SSSR count). The van der Waals surface area contributed by atoms with E-state index in [1.54, 1.807) is 30.3 Å². The van der Waals surface area contributed by atoms with Crippen LogP contribution in [0.15, 0.2) is 35.7 Å². The summed E-state index contributed by atoms with van der Waals surface area (Å²) < 4.78 is 0. The number of nitrogens with zero attached hydrogens (tertiary/aromatic N) is 4. The molecule has 0 aliphatic rings. The van der Waals surface area contributed by atoms with Crippen LogP contribution in [0.2, 0.25) is 0 Å². The Morgan fingerprint density at radius 2 is 1.65 bits per heavy atom. The maximum atomic E-state index is 8.86. The van der Waals surface area contributed by atoms with Crippen LogP contribution in [-0.4, -0.2) is 10.9 Å². The first kappa shape index (κ1) is 11.9. The van der Waals surface area contributed by atoms with Crippen molar-refractivity contribution in [2.75, 3.05) is 0 Å². The number of nitrogens with one attached hydrogen (secondary N) is 1. The number of rotatable bonds is 2. The second-order valence-corrected chi connectivity index (χ2v) is 2.82. The van der Waals surface area contributed by atoms with E-state index in [4.69, 9.17) is 21.2 Å². The highest BCUT2D eigenvalue weighted by Crippen LogP contribution is 2.23. The molecule has 5 nitrogen and oxygen atoms in total. The first-order valence-corrected chi connectivity index (χ1v) is 4.43. The van der Waals surface area contributed by atoms with Gasteiger partial charge in [-0.25, -0.2) is 0 Å². The molecule has 0 unspecified atom stereocenters.